The van der Waals surface area contributed by atoms with Crippen LogP contribution in [0.25, 0.3) is 0 Å². The SMILES string of the molecule is CC1C[C@H](NC(=O)Nc2ccc(Br)cc2)C(=O)N1Cc1cc(=O)[nH]o1. The van der Waals surface area contributed by atoms with Crippen molar-refractivity contribution in [1.29, 1.82) is 0 Å². The highest BCUT2D eigenvalue weighted by molar-refractivity contribution is 9.10. The van der Waals surface area contributed by atoms with Crippen LogP contribution < -0.4 is 16.2 Å². The van der Waals surface area contributed by atoms with Gasteiger partial charge in [-0.05, 0) is 37.6 Å². The normalized spacial score (nSPS) is 19.9. The number of H-pyrrole nitrogens is 1. The van der Waals surface area contributed by atoms with E-state index in [4.69, 9.17) is 4.52 Å². The molecule has 2 atom stereocenters. The van der Waals surface area contributed by atoms with E-state index in [1.54, 1.807) is 17.0 Å². The van der Waals surface area contributed by atoms with Gasteiger partial charge in [-0.25, -0.2) is 4.79 Å². The summed E-state index contributed by atoms with van der Waals surface area (Å²) in [5.74, 6) is 0.174. The third-order valence-corrected chi connectivity index (χ3v) is 4.53. The number of benzene rings is 1. The molecule has 0 bridgehead atoms. The summed E-state index contributed by atoms with van der Waals surface area (Å²) in [6.45, 7) is 2.07. The zero-order chi connectivity index (χ0) is 18.0. The lowest BCUT2D eigenvalue weighted by molar-refractivity contribution is -0.131. The van der Waals surface area contributed by atoms with Gasteiger partial charge in [0, 0.05) is 22.3 Å². The van der Waals surface area contributed by atoms with Crippen LogP contribution in [-0.4, -0.2) is 34.1 Å². The Hall–Kier alpha value is -2.55. The summed E-state index contributed by atoms with van der Waals surface area (Å²) >= 11 is 3.32. The first-order valence-electron chi connectivity index (χ1n) is 7.73. The van der Waals surface area contributed by atoms with Gasteiger partial charge in [0.2, 0.25) is 5.91 Å². The molecule has 0 saturated carbocycles. The van der Waals surface area contributed by atoms with Crippen LogP contribution in [0.15, 0.2) is 44.1 Å². The highest BCUT2D eigenvalue weighted by Gasteiger charge is 2.38. The minimum atomic E-state index is -0.615. The molecule has 132 valence electrons. The van der Waals surface area contributed by atoms with Crippen LogP contribution in [0.4, 0.5) is 10.5 Å². The Morgan fingerprint density at radius 3 is 2.72 bits per heavy atom. The van der Waals surface area contributed by atoms with Gasteiger partial charge < -0.3 is 20.1 Å². The predicted octanol–water partition coefficient (Wildman–Crippen LogP) is 2.04. The van der Waals surface area contributed by atoms with E-state index in [0.29, 0.717) is 17.9 Å². The summed E-state index contributed by atoms with van der Waals surface area (Å²) in [6.07, 6.45) is 0.487. The topological polar surface area (TPSA) is 107 Å². The van der Waals surface area contributed by atoms with Gasteiger partial charge >= 0.3 is 6.03 Å². The fraction of sp³-hybridized carbons (Fsp3) is 0.312. The third-order valence-electron chi connectivity index (χ3n) is 4.00. The van der Waals surface area contributed by atoms with Gasteiger partial charge in [-0.3, -0.25) is 9.59 Å². The number of carbonyl (C=O) groups excluding carboxylic acids is 2. The quantitative estimate of drug-likeness (QED) is 0.718. The number of aromatic amines is 1. The van der Waals surface area contributed by atoms with E-state index in [1.165, 1.54) is 6.07 Å². The Labute approximate surface area is 151 Å². The van der Waals surface area contributed by atoms with Crippen LogP contribution in [0.2, 0.25) is 0 Å². The van der Waals surface area contributed by atoms with Crippen molar-refractivity contribution in [3.63, 3.8) is 0 Å². The summed E-state index contributed by atoms with van der Waals surface area (Å²) in [5.41, 5.74) is 0.281. The molecule has 3 amide bonds. The maximum atomic E-state index is 12.5. The number of aromatic nitrogens is 1. The second kappa shape index (κ2) is 7.14. The highest BCUT2D eigenvalue weighted by atomic mass is 79.9. The van der Waals surface area contributed by atoms with E-state index in [0.717, 1.165) is 4.47 Å². The Bertz CT molecular complexity index is 829. The molecule has 1 aliphatic heterocycles. The largest absolute Gasteiger partial charge is 0.382 e. The number of halogens is 1. The number of hydrogen-bond donors (Lipinski definition) is 3. The van der Waals surface area contributed by atoms with Crippen molar-refractivity contribution in [3.8, 4) is 0 Å². The predicted molar refractivity (Wildman–Crippen MR) is 94.0 cm³/mol. The van der Waals surface area contributed by atoms with E-state index in [-0.39, 0.29) is 24.1 Å². The Balaban J connectivity index is 1.59. The molecule has 3 rings (SSSR count). The zero-order valence-electron chi connectivity index (χ0n) is 13.4. The van der Waals surface area contributed by atoms with Crippen LogP contribution in [0.1, 0.15) is 19.1 Å². The lowest BCUT2D eigenvalue weighted by Crippen LogP contribution is -2.43. The number of nitrogens with zero attached hydrogens (tertiary/aromatic N) is 1. The maximum absolute atomic E-state index is 12.5. The molecule has 1 aromatic carbocycles. The minimum Gasteiger partial charge on any atom is -0.382 e. The van der Waals surface area contributed by atoms with Crippen LogP contribution in [-0.2, 0) is 11.3 Å². The molecule has 25 heavy (non-hydrogen) atoms. The van der Waals surface area contributed by atoms with Crippen LogP contribution in [0.5, 0.6) is 0 Å². The van der Waals surface area contributed by atoms with Crippen LogP contribution in [0.3, 0.4) is 0 Å². The second-order valence-corrected chi connectivity index (χ2v) is 6.80. The zero-order valence-corrected chi connectivity index (χ0v) is 15.0. The van der Waals surface area contributed by atoms with Gasteiger partial charge in [0.05, 0.1) is 6.54 Å². The summed E-state index contributed by atoms with van der Waals surface area (Å²) in [4.78, 5) is 37.3. The smallest absolute Gasteiger partial charge is 0.319 e. The first-order chi connectivity index (χ1) is 11.9. The standard InChI is InChI=1S/C16H17BrN4O4/c1-9-6-13(15(23)21(9)8-12-7-14(22)20-25-12)19-16(24)18-11-4-2-10(17)3-5-11/h2-5,7,9,13H,6,8H2,1H3,(H,20,22)(H2,18,19,24)/t9?,13-/m0/s1. The molecule has 8 nitrogen and oxygen atoms in total. The fourth-order valence-electron chi connectivity index (χ4n) is 2.77. The van der Waals surface area contributed by atoms with Crippen LogP contribution >= 0.6 is 15.9 Å². The highest BCUT2D eigenvalue weighted by Crippen LogP contribution is 2.21. The lowest BCUT2D eigenvalue weighted by atomic mass is 10.2. The van der Waals surface area contributed by atoms with Crippen molar-refractivity contribution in [2.24, 2.45) is 0 Å². The molecule has 1 saturated heterocycles. The molecule has 1 aromatic heterocycles. The summed E-state index contributed by atoms with van der Waals surface area (Å²) < 4.78 is 5.90. The first-order valence-corrected chi connectivity index (χ1v) is 8.52. The lowest BCUT2D eigenvalue weighted by Gasteiger charge is -2.19. The molecule has 1 unspecified atom stereocenters. The van der Waals surface area contributed by atoms with E-state index >= 15 is 0 Å². The Morgan fingerprint density at radius 1 is 1.36 bits per heavy atom. The molecule has 2 aromatic rings. The summed E-state index contributed by atoms with van der Waals surface area (Å²) in [6, 6.07) is 7.30. The number of amides is 3. The summed E-state index contributed by atoms with van der Waals surface area (Å²) in [7, 11) is 0. The van der Waals surface area contributed by atoms with E-state index in [9.17, 15) is 14.4 Å². The summed E-state index contributed by atoms with van der Waals surface area (Å²) in [5, 5.41) is 7.58. The van der Waals surface area contributed by atoms with Gasteiger partial charge in [0.1, 0.15) is 6.04 Å². The van der Waals surface area contributed by atoms with Gasteiger partial charge in [-0.15, -0.1) is 0 Å². The van der Waals surface area contributed by atoms with E-state index in [2.05, 4.69) is 31.7 Å². The average Bonchev–Trinajstić information content (AvgIpc) is 3.08. The molecule has 2 heterocycles. The van der Waals surface area contributed by atoms with Crippen LogP contribution in [0, 0.1) is 0 Å². The Morgan fingerprint density at radius 2 is 2.08 bits per heavy atom. The average molecular weight is 409 g/mol. The number of urea groups is 1. The molecule has 1 aliphatic rings. The van der Waals surface area contributed by atoms with Gasteiger partial charge in [-0.2, -0.15) is 5.16 Å². The third kappa shape index (κ3) is 4.11. The monoisotopic (exact) mass is 408 g/mol. The molecular formula is C16H17BrN4O4. The number of nitrogens with one attached hydrogen (secondary N) is 3. The first kappa shape index (κ1) is 17.3. The molecule has 0 aliphatic carbocycles. The van der Waals surface area contributed by atoms with E-state index < -0.39 is 12.1 Å². The van der Waals surface area contributed by atoms with Crippen molar-refractivity contribution < 1.29 is 14.1 Å². The molecule has 0 radical (unpaired) electrons. The van der Waals surface area contributed by atoms with Gasteiger partial charge in [0.15, 0.2) is 5.76 Å². The minimum absolute atomic E-state index is 0.0781. The number of carbonyl (C=O) groups is 2. The van der Waals surface area contributed by atoms with Crippen molar-refractivity contribution in [1.82, 2.24) is 15.4 Å². The van der Waals surface area contributed by atoms with Crippen molar-refractivity contribution in [2.75, 3.05) is 5.32 Å². The van der Waals surface area contributed by atoms with Crippen molar-refractivity contribution >= 4 is 33.6 Å². The molecular weight excluding hydrogens is 392 g/mol. The van der Waals surface area contributed by atoms with Gasteiger partial charge in [0.25, 0.3) is 5.56 Å². The number of rotatable bonds is 4. The number of hydrogen-bond acceptors (Lipinski definition) is 4. The molecule has 9 heteroatoms. The molecule has 0 spiro atoms. The van der Waals surface area contributed by atoms with Crippen molar-refractivity contribution in [2.45, 2.75) is 32.0 Å². The Kier molecular flexibility index (Phi) is 4.93. The van der Waals surface area contributed by atoms with Gasteiger partial charge in [-0.1, -0.05) is 15.9 Å². The molecule has 1 fully saturated rings. The fourth-order valence-corrected chi connectivity index (χ4v) is 3.03. The van der Waals surface area contributed by atoms with E-state index in [1.807, 2.05) is 19.1 Å². The second-order valence-electron chi connectivity index (χ2n) is 5.89. The van der Waals surface area contributed by atoms with Crippen molar-refractivity contribution in [3.05, 3.63) is 50.9 Å². The maximum Gasteiger partial charge on any atom is 0.319 e. The number of anilines is 1. The number of likely N-dealkylation sites (tertiary alicyclic amines) is 1. The molecule has 3 N–H and O–H groups in total.